The predicted octanol–water partition coefficient (Wildman–Crippen LogP) is 5.95. The maximum absolute atomic E-state index is 13.9. The Balaban J connectivity index is 1.03. The van der Waals surface area contributed by atoms with Crippen LogP contribution in [0.5, 0.6) is 11.5 Å². The zero-order chi connectivity index (χ0) is 32.1. The normalized spacial score (nSPS) is 19.4. The Bertz CT molecular complexity index is 1460. The van der Waals surface area contributed by atoms with Crippen LogP contribution < -0.4 is 20.1 Å². The largest absolute Gasteiger partial charge is 0.492 e. The Morgan fingerprint density at radius 3 is 2.27 bits per heavy atom. The summed E-state index contributed by atoms with van der Waals surface area (Å²) in [5.41, 5.74) is 1.97. The molecule has 1 aliphatic heterocycles. The zero-order valence-corrected chi connectivity index (χ0v) is 26.1. The number of rotatable bonds is 12. The molecule has 2 amide bonds. The Morgan fingerprint density at radius 2 is 1.62 bits per heavy atom. The van der Waals surface area contributed by atoms with Gasteiger partial charge in [-0.25, -0.2) is 18.4 Å². The van der Waals surface area contributed by atoms with Crippen LogP contribution in [0.4, 0.5) is 19.3 Å². The number of benzene rings is 3. The van der Waals surface area contributed by atoms with Crippen LogP contribution in [0.1, 0.15) is 38.8 Å². The first-order chi connectivity index (χ1) is 21.5. The summed E-state index contributed by atoms with van der Waals surface area (Å²) in [7, 11) is 0. The number of amides is 2. The lowest BCUT2D eigenvalue weighted by Gasteiger charge is -2.21. The number of anilines is 1. The summed E-state index contributed by atoms with van der Waals surface area (Å²) < 4.78 is 44.5. The predicted molar refractivity (Wildman–Crippen MR) is 168 cm³/mol. The molecular weight excluding hydrogens is 580 g/mol. The van der Waals surface area contributed by atoms with Crippen molar-refractivity contribution in [1.29, 1.82) is 0 Å². The van der Waals surface area contributed by atoms with Crippen molar-refractivity contribution >= 4 is 17.7 Å². The number of urea groups is 1. The van der Waals surface area contributed by atoms with Crippen molar-refractivity contribution in [2.24, 2.45) is 11.8 Å². The van der Waals surface area contributed by atoms with E-state index in [1.165, 1.54) is 5.56 Å². The number of nitrogens with zero attached hydrogens (tertiary/aromatic N) is 1. The highest BCUT2D eigenvalue weighted by Crippen LogP contribution is 2.45. The van der Waals surface area contributed by atoms with Crippen molar-refractivity contribution in [3.63, 3.8) is 0 Å². The number of esters is 1. The molecule has 0 bridgehead atoms. The van der Waals surface area contributed by atoms with Crippen LogP contribution in [0, 0.1) is 23.5 Å². The molecular formula is C35H41F2N3O5. The highest BCUT2D eigenvalue weighted by atomic mass is 19.1. The van der Waals surface area contributed by atoms with Crippen molar-refractivity contribution in [1.82, 2.24) is 10.2 Å². The van der Waals surface area contributed by atoms with Crippen molar-refractivity contribution in [3.05, 3.63) is 89.5 Å². The van der Waals surface area contributed by atoms with E-state index in [2.05, 4.69) is 31.4 Å². The summed E-state index contributed by atoms with van der Waals surface area (Å²) in [5.74, 6) is 0.314. The second-order valence-corrected chi connectivity index (χ2v) is 12.6. The average molecular weight is 622 g/mol. The quantitative estimate of drug-likeness (QED) is 0.192. The summed E-state index contributed by atoms with van der Waals surface area (Å²) in [6.45, 7) is 10.7. The number of fused-ring (bicyclic) bond motifs is 1. The molecule has 2 fully saturated rings. The van der Waals surface area contributed by atoms with Crippen molar-refractivity contribution in [3.8, 4) is 11.5 Å². The minimum Gasteiger partial charge on any atom is -0.492 e. The van der Waals surface area contributed by atoms with Gasteiger partial charge in [-0.05, 0) is 71.7 Å². The van der Waals surface area contributed by atoms with E-state index >= 15 is 0 Å². The Kier molecular flexibility index (Phi) is 9.92. The molecule has 0 spiro atoms. The Morgan fingerprint density at radius 1 is 0.956 bits per heavy atom. The van der Waals surface area contributed by atoms with Crippen LogP contribution in [0.3, 0.4) is 0 Å². The first-order valence-electron chi connectivity index (χ1n) is 15.4. The minimum absolute atomic E-state index is 0.0221. The third-order valence-electron chi connectivity index (χ3n) is 8.29. The van der Waals surface area contributed by atoms with E-state index in [0.717, 1.165) is 29.5 Å². The molecule has 0 aromatic heterocycles. The van der Waals surface area contributed by atoms with Gasteiger partial charge in [-0.3, -0.25) is 0 Å². The van der Waals surface area contributed by atoms with Gasteiger partial charge in [0.2, 0.25) is 0 Å². The molecule has 1 heterocycles. The first-order valence-corrected chi connectivity index (χ1v) is 15.4. The van der Waals surface area contributed by atoms with Gasteiger partial charge in [-0.2, -0.15) is 0 Å². The lowest BCUT2D eigenvalue weighted by Crippen LogP contribution is -2.39. The number of likely N-dealkylation sites (tertiary alicyclic amines) is 1. The molecule has 3 aromatic rings. The fraction of sp³-hybridized carbons (Fsp3) is 0.429. The molecule has 1 aliphatic carbocycles. The summed E-state index contributed by atoms with van der Waals surface area (Å²) in [4.78, 5) is 26.8. The van der Waals surface area contributed by atoms with E-state index in [9.17, 15) is 18.4 Å². The molecule has 1 saturated heterocycles. The third kappa shape index (κ3) is 8.30. The van der Waals surface area contributed by atoms with E-state index in [0.29, 0.717) is 56.3 Å². The summed E-state index contributed by atoms with van der Waals surface area (Å²) in [5, 5.41) is 5.95. The fourth-order valence-electron chi connectivity index (χ4n) is 5.72. The van der Waals surface area contributed by atoms with Crippen LogP contribution >= 0.6 is 0 Å². The molecule has 5 rings (SSSR count). The fourth-order valence-corrected chi connectivity index (χ4v) is 5.72. The van der Waals surface area contributed by atoms with Gasteiger partial charge in [0, 0.05) is 38.2 Å². The standard InChI is InChI=1S/C35H41F2N3O5/c1-5-43-33(41)31(45-26-13-8-23(9-14-26)35(2,3)4)18-22-6-11-25(12-7-22)44-17-16-38-32-27-20-40(21-28(27)32)34(42)39-30-19-24(36)10-15-29(30)37/h6-15,19,27-28,31-32,38H,5,16-18,20-21H2,1-4H3,(H,39,42)/t27-,28?,31+,32+/m1/s1. The lowest BCUT2D eigenvalue weighted by molar-refractivity contribution is -0.151. The number of ether oxygens (including phenoxy) is 3. The van der Waals surface area contributed by atoms with E-state index in [-0.39, 0.29) is 17.7 Å². The van der Waals surface area contributed by atoms with Gasteiger partial charge in [0.25, 0.3) is 0 Å². The van der Waals surface area contributed by atoms with E-state index < -0.39 is 29.7 Å². The second kappa shape index (κ2) is 13.9. The highest BCUT2D eigenvalue weighted by molar-refractivity contribution is 5.89. The number of hydrogen-bond acceptors (Lipinski definition) is 6. The topological polar surface area (TPSA) is 89.1 Å². The molecule has 45 heavy (non-hydrogen) atoms. The Labute approximate surface area is 263 Å². The first kappa shape index (κ1) is 32.2. The van der Waals surface area contributed by atoms with E-state index in [1.807, 2.05) is 48.5 Å². The molecule has 2 aliphatic rings. The number of carbonyl (C=O) groups excluding carboxylic acids is 2. The summed E-state index contributed by atoms with van der Waals surface area (Å²) >= 11 is 0. The number of halogens is 2. The molecule has 1 unspecified atom stereocenters. The number of piperidine rings is 1. The second-order valence-electron chi connectivity index (χ2n) is 12.6. The summed E-state index contributed by atoms with van der Waals surface area (Å²) in [6, 6.07) is 18.2. The van der Waals surface area contributed by atoms with Crippen LogP contribution in [-0.4, -0.2) is 61.9 Å². The third-order valence-corrected chi connectivity index (χ3v) is 8.29. The molecule has 8 nitrogen and oxygen atoms in total. The molecule has 2 N–H and O–H groups in total. The van der Waals surface area contributed by atoms with E-state index in [1.54, 1.807) is 11.8 Å². The van der Waals surface area contributed by atoms with Gasteiger partial charge in [0.1, 0.15) is 29.7 Å². The van der Waals surface area contributed by atoms with Crippen molar-refractivity contribution in [2.45, 2.75) is 51.7 Å². The van der Waals surface area contributed by atoms with Gasteiger partial charge in [0.05, 0.1) is 12.3 Å². The van der Waals surface area contributed by atoms with Gasteiger partial charge >= 0.3 is 12.0 Å². The zero-order valence-electron chi connectivity index (χ0n) is 26.1. The number of hydrogen-bond donors (Lipinski definition) is 2. The van der Waals surface area contributed by atoms with Crippen molar-refractivity contribution in [2.75, 3.05) is 38.2 Å². The maximum atomic E-state index is 13.9. The SMILES string of the molecule is CCOC(=O)[C@H](Cc1ccc(OCCN[C@@H]2C3CN(C(=O)Nc4cc(F)ccc4F)C[C@H]32)cc1)Oc1ccc(C(C)(C)C)cc1. The van der Waals surface area contributed by atoms with E-state index in [4.69, 9.17) is 14.2 Å². The molecule has 0 radical (unpaired) electrons. The molecule has 1 saturated carbocycles. The van der Waals surface area contributed by atoms with Crippen molar-refractivity contribution < 1.29 is 32.6 Å². The lowest BCUT2D eigenvalue weighted by atomic mass is 9.87. The summed E-state index contributed by atoms with van der Waals surface area (Å²) in [6.07, 6.45) is -0.415. The van der Waals surface area contributed by atoms with Crippen LogP contribution in [0.15, 0.2) is 66.7 Å². The van der Waals surface area contributed by atoms with Gasteiger partial charge < -0.3 is 29.7 Å². The molecule has 4 atom stereocenters. The average Bonchev–Trinajstić information content (AvgIpc) is 3.44. The molecule has 3 aromatic carbocycles. The van der Waals surface area contributed by atoms with Gasteiger partial charge in [-0.1, -0.05) is 45.0 Å². The number of carbonyl (C=O) groups is 2. The Hall–Kier alpha value is -4.18. The molecule has 10 heteroatoms. The number of nitrogens with one attached hydrogen (secondary N) is 2. The monoisotopic (exact) mass is 621 g/mol. The maximum Gasteiger partial charge on any atom is 0.347 e. The van der Waals surface area contributed by atoms with Crippen LogP contribution in [0.25, 0.3) is 0 Å². The van der Waals surface area contributed by atoms with Gasteiger partial charge in [0.15, 0.2) is 6.10 Å². The van der Waals surface area contributed by atoms with Crippen LogP contribution in [0.2, 0.25) is 0 Å². The van der Waals surface area contributed by atoms with Gasteiger partial charge in [-0.15, -0.1) is 0 Å². The highest BCUT2D eigenvalue weighted by Gasteiger charge is 2.56. The minimum atomic E-state index is -0.774. The molecule has 240 valence electrons. The van der Waals surface area contributed by atoms with Crippen LogP contribution in [-0.2, 0) is 21.4 Å². The smallest absolute Gasteiger partial charge is 0.347 e.